The summed E-state index contributed by atoms with van der Waals surface area (Å²) < 4.78 is 0. The molecule has 0 fully saturated rings. The number of amides is 1. The molecule has 4 N–H and O–H groups in total. The second kappa shape index (κ2) is 5.98. The van der Waals surface area contributed by atoms with Crippen LogP contribution in [-0.2, 0) is 6.54 Å². The molecule has 0 bridgehead atoms. The first kappa shape index (κ1) is 14.4. The molecule has 0 aliphatic heterocycles. The van der Waals surface area contributed by atoms with E-state index in [-0.39, 0.29) is 27.9 Å². The van der Waals surface area contributed by atoms with E-state index < -0.39 is 5.91 Å². The molecular weight excluding hydrogens is 301 g/mol. The van der Waals surface area contributed by atoms with Gasteiger partial charge in [0.1, 0.15) is 11.6 Å². The average molecular weight is 312 g/mol. The number of nitrogens with zero attached hydrogens (tertiary/aromatic N) is 1. The lowest BCUT2D eigenvalue weighted by molar-refractivity contribution is 0.0948. The molecule has 2 aromatic rings. The zero-order valence-electron chi connectivity index (χ0n) is 10.2. The molecular formula is C13H11Cl2N3O2. The maximum absolute atomic E-state index is 12.0. The second-order valence-electron chi connectivity index (χ2n) is 4.06. The predicted octanol–water partition coefficient (Wildman–Crippen LogP) is 2.61. The van der Waals surface area contributed by atoms with Gasteiger partial charge in [-0.2, -0.15) is 0 Å². The summed E-state index contributed by atoms with van der Waals surface area (Å²) >= 11 is 11.6. The van der Waals surface area contributed by atoms with Gasteiger partial charge in [-0.3, -0.25) is 4.79 Å². The van der Waals surface area contributed by atoms with Gasteiger partial charge in [0.05, 0.1) is 10.6 Å². The van der Waals surface area contributed by atoms with Gasteiger partial charge in [-0.15, -0.1) is 0 Å². The molecule has 5 nitrogen and oxygen atoms in total. The molecule has 0 saturated carbocycles. The van der Waals surface area contributed by atoms with Crippen LogP contribution in [0.5, 0.6) is 5.75 Å². The van der Waals surface area contributed by atoms with E-state index in [1.165, 1.54) is 12.1 Å². The maximum atomic E-state index is 12.0. The topological polar surface area (TPSA) is 88.2 Å². The number of nitrogens with one attached hydrogen (secondary N) is 1. The van der Waals surface area contributed by atoms with E-state index in [0.29, 0.717) is 5.82 Å². The van der Waals surface area contributed by atoms with Crippen molar-refractivity contribution in [3.8, 4) is 5.75 Å². The third-order valence-corrected chi connectivity index (χ3v) is 3.08. The van der Waals surface area contributed by atoms with Gasteiger partial charge >= 0.3 is 0 Å². The highest BCUT2D eigenvalue weighted by atomic mass is 35.5. The van der Waals surface area contributed by atoms with Crippen molar-refractivity contribution in [1.29, 1.82) is 0 Å². The summed E-state index contributed by atoms with van der Waals surface area (Å²) in [6.45, 7) is 0.245. The standard InChI is InChI=1S/C13H11Cl2N3O2/c14-8-4-9(12(19)10(15)5-8)13(20)18-6-7-1-2-17-11(16)3-7/h1-5,19H,6H2,(H2,16,17)(H,18,20). The SMILES string of the molecule is Nc1cc(CNC(=O)c2cc(Cl)cc(Cl)c2O)ccn1. The summed E-state index contributed by atoms with van der Waals surface area (Å²) in [6.07, 6.45) is 1.55. The zero-order valence-corrected chi connectivity index (χ0v) is 11.7. The number of carbonyl (C=O) groups excluding carboxylic acids is 1. The molecule has 104 valence electrons. The van der Waals surface area contributed by atoms with Gasteiger partial charge in [0.25, 0.3) is 5.91 Å². The van der Waals surface area contributed by atoms with E-state index in [9.17, 15) is 9.90 Å². The van der Waals surface area contributed by atoms with E-state index in [4.69, 9.17) is 28.9 Å². The molecule has 20 heavy (non-hydrogen) atoms. The van der Waals surface area contributed by atoms with Crippen molar-refractivity contribution in [3.05, 3.63) is 51.6 Å². The van der Waals surface area contributed by atoms with E-state index in [0.717, 1.165) is 5.56 Å². The van der Waals surface area contributed by atoms with Crippen molar-refractivity contribution in [2.75, 3.05) is 5.73 Å². The number of pyridine rings is 1. The van der Waals surface area contributed by atoms with Gasteiger partial charge in [-0.05, 0) is 29.8 Å². The normalized spacial score (nSPS) is 10.3. The molecule has 0 radical (unpaired) electrons. The van der Waals surface area contributed by atoms with Crippen LogP contribution in [0.15, 0.2) is 30.5 Å². The Hall–Kier alpha value is -1.98. The lowest BCUT2D eigenvalue weighted by Crippen LogP contribution is -2.23. The monoisotopic (exact) mass is 311 g/mol. The number of hydrogen-bond donors (Lipinski definition) is 3. The largest absolute Gasteiger partial charge is 0.506 e. The van der Waals surface area contributed by atoms with E-state index in [1.807, 2.05) is 0 Å². The first-order valence-electron chi connectivity index (χ1n) is 5.64. The Morgan fingerprint density at radius 3 is 2.80 bits per heavy atom. The Morgan fingerprint density at radius 2 is 2.10 bits per heavy atom. The molecule has 2 rings (SSSR count). The van der Waals surface area contributed by atoms with Crippen LogP contribution in [0.4, 0.5) is 5.82 Å². The number of phenolic OH excluding ortho intramolecular Hbond substituents is 1. The Labute approximate surface area is 125 Å². The predicted molar refractivity (Wildman–Crippen MR) is 77.9 cm³/mol. The van der Waals surface area contributed by atoms with E-state index >= 15 is 0 Å². The van der Waals surface area contributed by atoms with E-state index in [2.05, 4.69) is 10.3 Å². The highest BCUT2D eigenvalue weighted by molar-refractivity contribution is 6.36. The molecule has 0 saturated heterocycles. The van der Waals surface area contributed by atoms with Crippen molar-refractivity contribution in [3.63, 3.8) is 0 Å². The second-order valence-corrected chi connectivity index (χ2v) is 4.90. The van der Waals surface area contributed by atoms with Gasteiger partial charge in [0.15, 0.2) is 0 Å². The number of nitrogen functional groups attached to an aromatic ring is 1. The molecule has 0 aliphatic carbocycles. The number of aromatic hydroxyl groups is 1. The van der Waals surface area contributed by atoms with Gasteiger partial charge < -0.3 is 16.2 Å². The molecule has 7 heteroatoms. The van der Waals surface area contributed by atoms with Crippen molar-refractivity contribution in [1.82, 2.24) is 10.3 Å². The number of benzene rings is 1. The first-order chi connectivity index (χ1) is 9.47. The summed E-state index contributed by atoms with van der Waals surface area (Å²) in [5.74, 6) is -0.421. The third kappa shape index (κ3) is 3.31. The minimum atomic E-state index is -0.484. The van der Waals surface area contributed by atoms with E-state index in [1.54, 1.807) is 18.3 Å². The first-order valence-corrected chi connectivity index (χ1v) is 6.39. The molecule has 1 heterocycles. The number of nitrogens with two attached hydrogens (primary N) is 1. The van der Waals surface area contributed by atoms with Crippen molar-refractivity contribution in [2.24, 2.45) is 0 Å². The van der Waals surface area contributed by atoms with Gasteiger partial charge in [0, 0.05) is 17.8 Å². The number of halogens is 2. The van der Waals surface area contributed by atoms with Gasteiger partial charge in [0.2, 0.25) is 0 Å². The fourth-order valence-electron chi connectivity index (χ4n) is 1.62. The lowest BCUT2D eigenvalue weighted by Gasteiger charge is -2.09. The highest BCUT2D eigenvalue weighted by Gasteiger charge is 2.15. The van der Waals surface area contributed by atoms with Crippen molar-refractivity contribution < 1.29 is 9.90 Å². The number of anilines is 1. The van der Waals surface area contributed by atoms with Crippen LogP contribution in [0.25, 0.3) is 0 Å². The maximum Gasteiger partial charge on any atom is 0.255 e. The average Bonchev–Trinajstić information content (AvgIpc) is 2.40. The van der Waals surface area contributed by atoms with Crippen LogP contribution in [0.2, 0.25) is 10.0 Å². The summed E-state index contributed by atoms with van der Waals surface area (Å²) in [5.41, 5.74) is 6.35. The Balaban J connectivity index is 2.13. The molecule has 1 aromatic heterocycles. The Kier molecular flexibility index (Phi) is 4.32. The number of hydrogen-bond acceptors (Lipinski definition) is 4. The smallest absolute Gasteiger partial charge is 0.255 e. The molecule has 0 spiro atoms. The molecule has 1 aromatic carbocycles. The Morgan fingerprint density at radius 1 is 1.35 bits per heavy atom. The van der Waals surface area contributed by atoms with Gasteiger partial charge in [-0.25, -0.2) is 4.98 Å². The lowest BCUT2D eigenvalue weighted by atomic mass is 10.1. The highest BCUT2D eigenvalue weighted by Crippen LogP contribution is 2.31. The number of aromatic nitrogens is 1. The summed E-state index contributed by atoms with van der Waals surface area (Å²) in [4.78, 5) is 15.8. The van der Waals surface area contributed by atoms with Crippen LogP contribution in [0, 0.1) is 0 Å². The number of carbonyl (C=O) groups is 1. The molecule has 1 amide bonds. The molecule has 0 unspecified atom stereocenters. The molecule has 0 atom stereocenters. The summed E-state index contributed by atoms with van der Waals surface area (Å²) in [6, 6.07) is 6.07. The van der Waals surface area contributed by atoms with Crippen molar-refractivity contribution >= 4 is 34.9 Å². The van der Waals surface area contributed by atoms with Crippen LogP contribution in [0.1, 0.15) is 15.9 Å². The third-order valence-electron chi connectivity index (χ3n) is 2.57. The van der Waals surface area contributed by atoms with Crippen molar-refractivity contribution in [2.45, 2.75) is 6.54 Å². The number of phenols is 1. The Bertz CT molecular complexity index is 662. The minimum absolute atomic E-state index is 0.0181. The van der Waals surface area contributed by atoms with Crippen LogP contribution < -0.4 is 11.1 Å². The minimum Gasteiger partial charge on any atom is -0.506 e. The van der Waals surface area contributed by atoms with Gasteiger partial charge in [-0.1, -0.05) is 23.2 Å². The molecule has 0 aliphatic rings. The number of rotatable bonds is 3. The fourth-order valence-corrected chi connectivity index (χ4v) is 2.11. The van der Waals surface area contributed by atoms with Crippen LogP contribution >= 0.6 is 23.2 Å². The summed E-state index contributed by atoms with van der Waals surface area (Å²) in [5, 5.41) is 12.7. The summed E-state index contributed by atoms with van der Waals surface area (Å²) in [7, 11) is 0. The zero-order chi connectivity index (χ0) is 14.7. The van der Waals surface area contributed by atoms with Crippen LogP contribution in [-0.4, -0.2) is 16.0 Å². The van der Waals surface area contributed by atoms with Crippen LogP contribution in [0.3, 0.4) is 0 Å². The fraction of sp³-hybridized carbons (Fsp3) is 0.0769. The quantitative estimate of drug-likeness (QED) is 0.813.